The molecule has 0 radical (unpaired) electrons. The zero-order chi connectivity index (χ0) is 19.0. The van der Waals surface area contributed by atoms with Crippen LogP contribution in [0.1, 0.15) is 22.8 Å². The lowest BCUT2D eigenvalue weighted by Crippen LogP contribution is -2.00. The summed E-state index contributed by atoms with van der Waals surface area (Å²) >= 11 is 0. The molecule has 0 spiro atoms. The Balaban J connectivity index is 1.87. The van der Waals surface area contributed by atoms with Gasteiger partial charge in [-0.3, -0.25) is 14.2 Å². The van der Waals surface area contributed by atoms with Crippen molar-refractivity contribution >= 4 is 22.9 Å². The van der Waals surface area contributed by atoms with Crippen molar-refractivity contribution in [2.75, 3.05) is 5.32 Å². The molecule has 1 N–H and O–H groups in total. The van der Waals surface area contributed by atoms with E-state index in [0.717, 1.165) is 11.3 Å². The molecule has 6 heteroatoms. The number of carbonyl (C=O) groups is 1. The number of hydrogen-bond donors (Lipinski definition) is 1. The Morgan fingerprint density at radius 1 is 1.07 bits per heavy atom. The number of hydrogen-bond acceptors (Lipinski definition) is 4. The number of halogens is 1. The van der Waals surface area contributed by atoms with Crippen molar-refractivity contribution in [1.29, 1.82) is 0 Å². The molecule has 3 heterocycles. The first-order chi connectivity index (χ1) is 13.0. The zero-order valence-electron chi connectivity index (χ0n) is 14.9. The van der Waals surface area contributed by atoms with Crippen LogP contribution in [-0.4, -0.2) is 20.2 Å². The Kier molecular flexibility index (Phi) is 4.16. The number of pyridine rings is 2. The first-order valence-electron chi connectivity index (χ1n) is 8.50. The number of Topliss-reactive ketones (excluding diaryl/α,β-unsaturated/α-hetero) is 1. The molecule has 0 aliphatic carbocycles. The number of rotatable bonds is 4. The van der Waals surface area contributed by atoms with E-state index in [4.69, 9.17) is 0 Å². The smallest absolute Gasteiger partial charge is 0.159 e. The SMILES string of the molecule is CC(=O)c1ccc(Nc2c(-c3ncccc3F)nc3ccc(C)cn23)cc1. The summed E-state index contributed by atoms with van der Waals surface area (Å²) in [5.41, 5.74) is 3.73. The Morgan fingerprint density at radius 3 is 2.56 bits per heavy atom. The van der Waals surface area contributed by atoms with Gasteiger partial charge in [0.1, 0.15) is 22.9 Å². The highest BCUT2D eigenvalue weighted by Gasteiger charge is 2.18. The molecule has 4 aromatic rings. The van der Waals surface area contributed by atoms with Gasteiger partial charge in [0.15, 0.2) is 11.6 Å². The van der Waals surface area contributed by atoms with Gasteiger partial charge >= 0.3 is 0 Å². The number of anilines is 2. The Labute approximate surface area is 155 Å². The molecular formula is C21H17FN4O. The number of aromatic nitrogens is 3. The van der Waals surface area contributed by atoms with Gasteiger partial charge in [0.25, 0.3) is 0 Å². The zero-order valence-corrected chi connectivity index (χ0v) is 14.9. The number of ketones is 1. The third-order valence-electron chi connectivity index (χ3n) is 4.30. The highest BCUT2D eigenvalue weighted by molar-refractivity contribution is 5.94. The highest BCUT2D eigenvalue weighted by Crippen LogP contribution is 2.31. The van der Waals surface area contributed by atoms with Crippen molar-refractivity contribution in [3.63, 3.8) is 0 Å². The Bertz CT molecular complexity index is 1150. The van der Waals surface area contributed by atoms with Gasteiger partial charge in [0.05, 0.1) is 0 Å². The number of nitrogens with one attached hydrogen (secondary N) is 1. The van der Waals surface area contributed by atoms with Gasteiger partial charge in [0.2, 0.25) is 0 Å². The molecule has 4 rings (SSSR count). The van der Waals surface area contributed by atoms with Crippen molar-refractivity contribution in [3.05, 3.63) is 77.9 Å². The summed E-state index contributed by atoms with van der Waals surface area (Å²) in [6.45, 7) is 3.50. The van der Waals surface area contributed by atoms with Crippen LogP contribution >= 0.6 is 0 Å². The molecule has 0 amide bonds. The minimum absolute atomic E-state index is 0.00298. The van der Waals surface area contributed by atoms with E-state index in [9.17, 15) is 9.18 Å². The van der Waals surface area contributed by atoms with E-state index in [1.165, 1.54) is 13.0 Å². The summed E-state index contributed by atoms with van der Waals surface area (Å²) in [6, 6.07) is 13.9. The monoisotopic (exact) mass is 360 g/mol. The van der Waals surface area contributed by atoms with E-state index in [1.807, 2.05) is 41.8 Å². The molecule has 27 heavy (non-hydrogen) atoms. The summed E-state index contributed by atoms with van der Waals surface area (Å²) in [5, 5.41) is 3.30. The Morgan fingerprint density at radius 2 is 1.85 bits per heavy atom. The standard InChI is InChI=1S/C21H17FN4O/c1-13-5-10-18-25-20(19-17(22)4-3-11-23-19)21(26(18)12-13)24-16-8-6-15(7-9-16)14(2)27/h3-12,24H,1-2H3. The average molecular weight is 360 g/mol. The van der Waals surface area contributed by atoms with Crippen molar-refractivity contribution in [1.82, 2.24) is 14.4 Å². The minimum atomic E-state index is -0.437. The second kappa shape index (κ2) is 6.64. The fraction of sp³-hybridized carbons (Fsp3) is 0.0952. The van der Waals surface area contributed by atoms with E-state index in [-0.39, 0.29) is 11.5 Å². The molecule has 0 aliphatic rings. The van der Waals surface area contributed by atoms with Gasteiger partial charge in [0, 0.05) is 23.6 Å². The van der Waals surface area contributed by atoms with Crippen LogP contribution in [0.4, 0.5) is 15.9 Å². The van der Waals surface area contributed by atoms with Crippen molar-refractivity contribution in [3.8, 4) is 11.4 Å². The van der Waals surface area contributed by atoms with E-state index in [0.29, 0.717) is 22.7 Å². The summed E-state index contributed by atoms with van der Waals surface area (Å²) in [7, 11) is 0. The number of aryl methyl sites for hydroxylation is 1. The van der Waals surface area contributed by atoms with E-state index < -0.39 is 5.82 Å². The molecule has 0 unspecified atom stereocenters. The topological polar surface area (TPSA) is 59.3 Å². The molecule has 3 aromatic heterocycles. The minimum Gasteiger partial charge on any atom is -0.339 e. The number of imidazole rings is 1. The summed E-state index contributed by atoms with van der Waals surface area (Å²) < 4.78 is 16.2. The largest absolute Gasteiger partial charge is 0.339 e. The predicted octanol–water partition coefficient (Wildman–Crippen LogP) is 4.79. The quantitative estimate of drug-likeness (QED) is 0.532. The maximum Gasteiger partial charge on any atom is 0.159 e. The average Bonchev–Trinajstić information content (AvgIpc) is 3.00. The molecule has 0 atom stereocenters. The lowest BCUT2D eigenvalue weighted by molar-refractivity contribution is 0.101. The molecule has 0 saturated heterocycles. The van der Waals surface area contributed by atoms with E-state index in [2.05, 4.69) is 15.3 Å². The number of benzene rings is 1. The van der Waals surface area contributed by atoms with Gasteiger partial charge < -0.3 is 5.32 Å². The molecule has 0 saturated carbocycles. The molecule has 0 fully saturated rings. The molecule has 5 nitrogen and oxygen atoms in total. The number of fused-ring (bicyclic) bond motifs is 1. The second-order valence-electron chi connectivity index (χ2n) is 6.34. The lowest BCUT2D eigenvalue weighted by Gasteiger charge is -2.10. The van der Waals surface area contributed by atoms with Crippen LogP contribution in [0.15, 0.2) is 60.9 Å². The van der Waals surface area contributed by atoms with Crippen LogP contribution in [0.5, 0.6) is 0 Å². The predicted molar refractivity (Wildman–Crippen MR) is 103 cm³/mol. The Hall–Kier alpha value is -3.54. The van der Waals surface area contributed by atoms with Crippen LogP contribution in [0.25, 0.3) is 17.0 Å². The second-order valence-corrected chi connectivity index (χ2v) is 6.34. The van der Waals surface area contributed by atoms with Crippen molar-refractivity contribution in [2.45, 2.75) is 13.8 Å². The van der Waals surface area contributed by atoms with Crippen LogP contribution in [0, 0.1) is 12.7 Å². The van der Waals surface area contributed by atoms with E-state index in [1.54, 1.807) is 24.4 Å². The van der Waals surface area contributed by atoms with Gasteiger partial charge in [-0.25, -0.2) is 9.37 Å². The summed E-state index contributed by atoms with van der Waals surface area (Å²) in [4.78, 5) is 20.2. The number of carbonyl (C=O) groups excluding carboxylic acids is 1. The normalized spacial score (nSPS) is 10.9. The fourth-order valence-corrected chi connectivity index (χ4v) is 2.92. The summed E-state index contributed by atoms with van der Waals surface area (Å²) in [6.07, 6.45) is 3.47. The van der Waals surface area contributed by atoms with Crippen molar-refractivity contribution < 1.29 is 9.18 Å². The first kappa shape index (κ1) is 16.9. The maximum atomic E-state index is 14.4. The lowest BCUT2D eigenvalue weighted by atomic mass is 10.1. The van der Waals surface area contributed by atoms with E-state index >= 15 is 0 Å². The first-order valence-corrected chi connectivity index (χ1v) is 8.50. The molecular weight excluding hydrogens is 343 g/mol. The maximum absolute atomic E-state index is 14.4. The molecule has 0 aliphatic heterocycles. The number of nitrogens with zero attached hydrogens (tertiary/aromatic N) is 3. The van der Waals surface area contributed by atoms with Gasteiger partial charge in [-0.2, -0.15) is 0 Å². The molecule has 1 aromatic carbocycles. The van der Waals surface area contributed by atoms with Crippen LogP contribution in [-0.2, 0) is 0 Å². The molecule has 134 valence electrons. The fourth-order valence-electron chi connectivity index (χ4n) is 2.92. The third-order valence-corrected chi connectivity index (χ3v) is 4.30. The third kappa shape index (κ3) is 3.17. The van der Waals surface area contributed by atoms with Crippen molar-refractivity contribution in [2.24, 2.45) is 0 Å². The van der Waals surface area contributed by atoms with Crippen LogP contribution < -0.4 is 5.32 Å². The van der Waals surface area contributed by atoms with Gasteiger partial charge in [-0.05, 0) is 61.9 Å². The summed E-state index contributed by atoms with van der Waals surface area (Å²) in [5.74, 6) is 0.178. The van der Waals surface area contributed by atoms with Gasteiger partial charge in [-0.1, -0.05) is 6.07 Å². The molecule has 0 bridgehead atoms. The van der Waals surface area contributed by atoms with Crippen LogP contribution in [0.2, 0.25) is 0 Å². The van der Waals surface area contributed by atoms with Crippen LogP contribution in [0.3, 0.4) is 0 Å². The van der Waals surface area contributed by atoms with Gasteiger partial charge in [-0.15, -0.1) is 0 Å². The highest BCUT2D eigenvalue weighted by atomic mass is 19.1.